The van der Waals surface area contributed by atoms with Gasteiger partial charge in [-0.05, 0) is 55.5 Å². The molecule has 0 aliphatic carbocycles. The number of carbonyl (C=O) groups excluding carboxylic acids is 3. The highest BCUT2D eigenvalue weighted by atomic mass is 35.5. The lowest BCUT2D eigenvalue weighted by Crippen LogP contribution is -2.60. The summed E-state index contributed by atoms with van der Waals surface area (Å²) in [6.45, 7) is 14.2. The quantitative estimate of drug-likeness (QED) is 0.305. The fourth-order valence-electron chi connectivity index (χ4n) is 7.80. The number of benzene rings is 2. The second-order valence-corrected chi connectivity index (χ2v) is 13.3. The molecule has 0 saturated carbocycles. The zero-order valence-electron chi connectivity index (χ0n) is 26.4. The van der Waals surface area contributed by atoms with E-state index < -0.39 is 35.1 Å². The van der Waals surface area contributed by atoms with Crippen LogP contribution in [-0.4, -0.2) is 75.6 Å². The van der Waals surface area contributed by atoms with E-state index in [0.717, 1.165) is 5.56 Å². The number of rotatable bonds is 13. The largest absolute Gasteiger partial charge is 0.394 e. The lowest BCUT2D eigenvalue weighted by Gasteiger charge is -2.41. The Balaban J connectivity index is 1.61. The van der Waals surface area contributed by atoms with Crippen molar-refractivity contribution in [3.05, 3.63) is 90.5 Å². The third-order valence-corrected chi connectivity index (χ3v) is 10.4. The first-order valence-electron chi connectivity index (χ1n) is 15.8. The Morgan fingerprint density at radius 3 is 2.36 bits per heavy atom. The summed E-state index contributed by atoms with van der Waals surface area (Å²) in [4.78, 5) is 49.1. The SMILES string of the molecule is C=CCN(Cc1ccccc1)C(=O)[C@@H]1[C@H]2C(=O)N([C@@H](CO)[C@@H](C)CC)C(C(=O)N(CC=C)c3ccc(Cl)cc3)C23CC[C@@]1(C)O3. The molecule has 3 aliphatic rings. The van der Waals surface area contributed by atoms with Gasteiger partial charge in [-0.25, -0.2) is 0 Å². The maximum Gasteiger partial charge on any atom is 0.253 e. The molecule has 2 bridgehead atoms. The highest BCUT2D eigenvalue weighted by Gasteiger charge is 2.79. The lowest BCUT2D eigenvalue weighted by atomic mass is 9.66. The van der Waals surface area contributed by atoms with Crippen molar-refractivity contribution in [1.29, 1.82) is 0 Å². The van der Waals surface area contributed by atoms with Gasteiger partial charge >= 0.3 is 0 Å². The van der Waals surface area contributed by atoms with Crippen molar-refractivity contribution in [2.45, 2.75) is 69.9 Å². The first-order chi connectivity index (χ1) is 21.6. The van der Waals surface area contributed by atoms with Gasteiger partial charge in [0.05, 0.1) is 30.1 Å². The van der Waals surface area contributed by atoms with Crippen molar-refractivity contribution < 1.29 is 24.2 Å². The van der Waals surface area contributed by atoms with Crippen LogP contribution < -0.4 is 4.90 Å². The molecule has 240 valence electrons. The molecule has 8 nitrogen and oxygen atoms in total. The third-order valence-electron chi connectivity index (χ3n) is 10.2. The van der Waals surface area contributed by atoms with Crippen LogP contribution in [0, 0.1) is 17.8 Å². The van der Waals surface area contributed by atoms with Crippen LogP contribution in [0.15, 0.2) is 79.9 Å². The fraction of sp³-hybridized carbons (Fsp3) is 0.472. The van der Waals surface area contributed by atoms with Gasteiger partial charge in [0.15, 0.2) is 0 Å². The standard InChI is InChI=1S/C36H44ClN3O5/c1-6-20-38(22-25-12-10-9-11-13-25)32(42)29-30-33(43)40(28(23-41)24(4)8-3)31(36(30)19-18-35(29,5)45-36)34(44)39(21-7-2)27-16-14-26(37)15-17-27/h6-7,9-17,24,28-31,41H,1-2,8,18-23H2,3-5H3/t24-,28-,29-,30-,31?,35+,36?/m0/s1. The molecule has 3 saturated heterocycles. The number of carbonyl (C=O) groups is 3. The van der Waals surface area contributed by atoms with E-state index in [0.29, 0.717) is 43.1 Å². The summed E-state index contributed by atoms with van der Waals surface area (Å²) in [7, 11) is 0. The number of anilines is 1. The average molecular weight is 634 g/mol. The van der Waals surface area contributed by atoms with Crippen LogP contribution in [0.3, 0.4) is 0 Å². The fourth-order valence-corrected chi connectivity index (χ4v) is 7.93. The van der Waals surface area contributed by atoms with E-state index in [-0.39, 0.29) is 36.8 Å². The molecule has 3 heterocycles. The lowest BCUT2D eigenvalue weighted by molar-refractivity contribution is -0.153. The maximum atomic E-state index is 14.9. The second-order valence-electron chi connectivity index (χ2n) is 12.8. The Hall–Kier alpha value is -3.46. The van der Waals surface area contributed by atoms with Crippen LogP contribution in [0.5, 0.6) is 0 Å². The molecule has 45 heavy (non-hydrogen) atoms. The topological polar surface area (TPSA) is 90.4 Å². The van der Waals surface area contributed by atoms with E-state index in [2.05, 4.69) is 13.2 Å². The van der Waals surface area contributed by atoms with Gasteiger partial charge in [-0.2, -0.15) is 0 Å². The summed E-state index contributed by atoms with van der Waals surface area (Å²) in [6, 6.07) is 15.0. The Labute approximate surface area is 271 Å². The third kappa shape index (κ3) is 5.62. The van der Waals surface area contributed by atoms with Crippen LogP contribution in [0.2, 0.25) is 5.02 Å². The van der Waals surface area contributed by atoms with Crippen LogP contribution in [0.1, 0.15) is 45.6 Å². The molecule has 2 aromatic carbocycles. The molecule has 3 amide bonds. The molecule has 1 spiro atoms. The molecule has 1 N–H and O–H groups in total. The number of halogens is 1. The smallest absolute Gasteiger partial charge is 0.253 e. The van der Waals surface area contributed by atoms with Crippen molar-refractivity contribution in [1.82, 2.24) is 9.80 Å². The van der Waals surface area contributed by atoms with Crippen molar-refractivity contribution in [2.75, 3.05) is 24.6 Å². The van der Waals surface area contributed by atoms with Gasteiger partial charge in [0.1, 0.15) is 11.6 Å². The first kappa shape index (κ1) is 32.9. The van der Waals surface area contributed by atoms with Gasteiger partial charge in [0.25, 0.3) is 5.91 Å². The van der Waals surface area contributed by atoms with Crippen LogP contribution in [-0.2, 0) is 25.7 Å². The number of likely N-dealkylation sites (tertiary alicyclic amines) is 1. The Bertz CT molecular complexity index is 1430. The summed E-state index contributed by atoms with van der Waals surface area (Å²) in [5.74, 6) is -2.64. The number of aliphatic hydroxyl groups is 1. The minimum absolute atomic E-state index is 0.106. The molecule has 0 aromatic heterocycles. The number of aliphatic hydroxyl groups excluding tert-OH is 1. The van der Waals surface area contributed by atoms with Crippen LogP contribution >= 0.6 is 11.6 Å². The Morgan fingerprint density at radius 1 is 1.09 bits per heavy atom. The van der Waals surface area contributed by atoms with E-state index in [1.807, 2.05) is 51.1 Å². The Kier molecular flexibility index (Phi) is 9.59. The predicted molar refractivity (Wildman–Crippen MR) is 175 cm³/mol. The molecule has 7 atom stereocenters. The molecule has 0 radical (unpaired) electrons. The monoisotopic (exact) mass is 633 g/mol. The van der Waals surface area contributed by atoms with Gasteiger partial charge in [-0.1, -0.05) is 74.4 Å². The van der Waals surface area contributed by atoms with Crippen molar-refractivity contribution in [3.63, 3.8) is 0 Å². The molecule has 3 fully saturated rings. The number of fused-ring (bicyclic) bond motifs is 1. The normalized spacial score (nSPS) is 28.0. The molecule has 9 heteroatoms. The summed E-state index contributed by atoms with van der Waals surface area (Å²) in [5, 5.41) is 11.2. The average Bonchev–Trinajstić information content (AvgIpc) is 3.61. The van der Waals surface area contributed by atoms with E-state index in [1.165, 1.54) is 0 Å². The highest BCUT2D eigenvalue weighted by molar-refractivity contribution is 6.30. The highest BCUT2D eigenvalue weighted by Crippen LogP contribution is 2.64. The van der Waals surface area contributed by atoms with Crippen LogP contribution in [0.25, 0.3) is 0 Å². The molecule has 2 aromatic rings. The van der Waals surface area contributed by atoms with E-state index in [1.54, 1.807) is 51.1 Å². The summed E-state index contributed by atoms with van der Waals surface area (Å²) in [5.41, 5.74) is -0.605. The molecule has 5 rings (SSSR count). The maximum absolute atomic E-state index is 14.9. The minimum atomic E-state index is -1.23. The van der Waals surface area contributed by atoms with Gasteiger partial charge in [-0.15, -0.1) is 13.2 Å². The number of ether oxygens (including phenoxy) is 1. The summed E-state index contributed by atoms with van der Waals surface area (Å²) in [6.07, 6.45) is 4.97. The second kappa shape index (κ2) is 13.1. The van der Waals surface area contributed by atoms with E-state index in [4.69, 9.17) is 16.3 Å². The van der Waals surface area contributed by atoms with Crippen molar-refractivity contribution >= 4 is 35.0 Å². The van der Waals surface area contributed by atoms with E-state index >= 15 is 0 Å². The molecule has 3 aliphatic heterocycles. The number of amides is 3. The summed E-state index contributed by atoms with van der Waals surface area (Å²) < 4.78 is 6.90. The van der Waals surface area contributed by atoms with E-state index in [9.17, 15) is 19.5 Å². The van der Waals surface area contributed by atoms with Crippen molar-refractivity contribution in [2.24, 2.45) is 17.8 Å². The van der Waals surface area contributed by atoms with Gasteiger partial charge in [0, 0.05) is 30.3 Å². The van der Waals surface area contributed by atoms with Gasteiger partial charge in [0.2, 0.25) is 11.8 Å². The first-order valence-corrected chi connectivity index (χ1v) is 16.2. The van der Waals surface area contributed by atoms with Crippen LogP contribution in [0.4, 0.5) is 5.69 Å². The minimum Gasteiger partial charge on any atom is -0.394 e. The van der Waals surface area contributed by atoms with Gasteiger partial charge in [-0.3, -0.25) is 14.4 Å². The zero-order valence-corrected chi connectivity index (χ0v) is 27.2. The number of nitrogens with zero attached hydrogens (tertiary/aromatic N) is 3. The number of hydrogen-bond acceptors (Lipinski definition) is 5. The Morgan fingerprint density at radius 2 is 1.76 bits per heavy atom. The zero-order chi connectivity index (χ0) is 32.5. The van der Waals surface area contributed by atoms with Gasteiger partial charge < -0.3 is 24.5 Å². The number of hydrogen-bond donors (Lipinski definition) is 1. The molecular weight excluding hydrogens is 590 g/mol. The van der Waals surface area contributed by atoms with Crippen molar-refractivity contribution in [3.8, 4) is 0 Å². The summed E-state index contributed by atoms with van der Waals surface area (Å²) >= 11 is 6.17. The molecule has 2 unspecified atom stereocenters. The molecular formula is C36H44ClN3O5. The predicted octanol–water partition coefficient (Wildman–Crippen LogP) is 5.25.